The van der Waals surface area contributed by atoms with Gasteiger partial charge in [0.1, 0.15) is 0 Å². The number of anilines is 1. The molecule has 2 aromatic rings. The molecule has 0 bridgehead atoms. The Kier molecular flexibility index (Phi) is 4.64. The molecular weight excluding hydrogens is 322 g/mol. The van der Waals surface area contributed by atoms with E-state index in [2.05, 4.69) is 76.7 Å². The van der Waals surface area contributed by atoms with Crippen LogP contribution in [-0.4, -0.2) is 6.04 Å². The zero-order chi connectivity index (χ0) is 14.7. The van der Waals surface area contributed by atoms with Crippen molar-refractivity contribution >= 4 is 21.6 Å². The first-order chi connectivity index (χ1) is 10.2. The SMILES string of the molecule is CCCc1ccc(NC2CC(c3ccc(Br)cc3)C2)cc1. The quantitative estimate of drug-likeness (QED) is 0.727. The van der Waals surface area contributed by atoms with Crippen LogP contribution in [0, 0.1) is 0 Å². The van der Waals surface area contributed by atoms with Crippen molar-refractivity contribution in [2.75, 3.05) is 5.32 Å². The van der Waals surface area contributed by atoms with Crippen LogP contribution in [-0.2, 0) is 6.42 Å². The molecule has 1 nitrogen and oxygen atoms in total. The van der Waals surface area contributed by atoms with E-state index in [0.29, 0.717) is 6.04 Å². The van der Waals surface area contributed by atoms with Crippen LogP contribution in [0.2, 0.25) is 0 Å². The Hall–Kier alpha value is -1.28. The lowest BCUT2D eigenvalue weighted by Gasteiger charge is -2.37. The van der Waals surface area contributed by atoms with Crippen LogP contribution in [0.3, 0.4) is 0 Å². The predicted molar refractivity (Wildman–Crippen MR) is 94.0 cm³/mol. The molecule has 0 saturated heterocycles. The summed E-state index contributed by atoms with van der Waals surface area (Å²) in [6.07, 6.45) is 4.86. The van der Waals surface area contributed by atoms with Gasteiger partial charge in [0.25, 0.3) is 0 Å². The molecule has 2 aromatic carbocycles. The molecule has 0 spiro atoms. The Bertz CT molecular complexity index is 568. The molecule has 1 saturated carbocycles. The lowest BCUT2D eigenvalue weighted by Crippen LogP contribution is -2.33. The highest BCUT2D eigenvalue weighted by Gasteiger charge is 2.29. The van der Waals surface area contributed by atoms with Gasteiger partial charge in [0.05, 0.1) is 0 Å². The summed E-state index contributed by atoms with van der Waals surface area (Å²) in [4.78, 5) is 0. The number of hydrogen-bond acceptors (Lipinski definition) is 1. The van der Waals surface area contributed by atoms with Gasteiger partial charge in [0.2, 0.25) is 0 Å². The van der Waals surface area contributed by atoms with Crippen molar-refractivity contribution in [3.63, 3.8) is 0 Å². The molecule has 1 fully saturated rings. The third-order valence-electron chi connectivity index (χ3n) is 4.34. The van der Waals surface area contributed by atoms with Crippen molar-refractivity contribution in [3.05, 3.63) is 64.1 Å². The van der Waals surface area contributed by atoms with Crippen LogP contribution in [0.5, 0.6) is 0 Å². The summed E-state index contributed by atoms with van der Waals surface area (Å²) in [7, 11) is 0. The number of nitrogens with one attached hydrogen (secondary N) is 1. The maximum absolute atomic E-state index is 3.65. The Labute approximate surface area is 135 Å². The summed E-state index contributed by atoms with van der Waals surface area (Å²) < 4.78 is 1.16. The van der Waals surface area contributed by atoms with Crippen molar-refractivity contribution in [2.24, 2.45) is 0 Å². The topological polar surface area (TPSA) is 12.0 Å². The van der Waals surface area contributed by atoms with E-state index in [1.165, 1.54) is 42.5 Å². The second-order valence-electron chi connectivity index (χ2n) is 6.01. The normalized spacial score (nSPS) is 20.9. The molecule has 21 heavy (non-hydrogen) atoms. The molecule has 0 unspecified atom stereocenters. The molecule has 2 heteroatoms. The first kappa shape index (κ1) is 14.6. The van der Waals surface area contributed by atoms with Gasteiger partial charge in [-0.3, -0.25) is 0 Å². The summed E-state index contributed by atoms with van der Waals surface area (Å²) in [6, 6.07) is 18.3. The number of halogens is 1. The fourth-order valence-electron chi connectivity index (χ4n) is 3.03. The zero-order valence-corrected chi connectivity index (χ0v) is 14.1. The molecule has 0 aliphatic heterocycles. The minimum absolute atomic E-state index is 0.621. The predicted octanol–water partition coefficient (Wildman–Crippen LogP) is 5.76. The first-order valence-electron chi connectivity index (χ1n) is 7.85. The summed E-state index contributed by atoms with van der Waals surface area (Å²) >= 11 is 3.50. The molecule has 1 aliphatic rings. The van der Waals surface area contributed by atoms with Crippen LogP contribution in [0.15, 0.2) is 53.0 Å². The van der Waals surface area contributed by atoms with Crippen molar-refractivity contribution < 1.29 is 0 Å². The first-order valence-corrected chi connectivity index (χ1v) is 8.65. The van der Waals surface area contributed by atoms with E-state index in [-0.39, 0.29) is 0 Å². The fraction of sp³-hybridized carbons (Fsp3) is 0.368. The molecule has 0 atom stereocenters. The van der Waals surface area contributed by atoms with Gasteiger partial charge in [0, 0.05) is 16.2 Å². The van der Waals surface area contributed by atoms with Gasteiger partial charge in [-0.05, 0) is 60.6 Å². The highest BCUT2D eigenvalue weighted by Crippen LogP contribution is 2.38. The lowest BCUT2D eigenvalue weighted by atomic mass is 9.76. The van der Waals surface area contributed by atoms with Gasteiger partial charge >= 0.3 is 0 Å². The molecule has 0 amide bonds. The van der Waals surface area contributed by atoms with Crippen molar-refractivity contribution in [1.82, 2.24) is 0 Å². The smallest absolute Gasteiger partial charge is 0.0342 e. The van der Waals surface area contributed by atoms with Gasteiger partial charge in [-0.2, -0.15) is 0 Å². The van der Waals surface area contributed by atoms with Gasteiger partial charge in [-0.25, -0.2) is 0 Å². The van der Waals surface area contributed by atoms with Gasteiger partial charge in [-0.1, -0.05) is 53.5 Å². The third kappa shape index (κ3) is 3.68. The average Bonchev–Trinajstić information content (AvgIpc) is 2.46. The Morgan fingerprint density at radius 1 is 1.00 bits per heavy atom. The minimum atomic E-state index is 0.621. The second kappa shape index (κ2) is 6.65. The lowest BCUT2D eigenvalue weighted by molar-refractivity contribution is 0.374. The monoisotopic (exact) mass is 343 g/mol. The summed E-state index contributed by atoms with van der Waals surface area (Å²) in [5.41, 5.74) is 4.16. The zero-order valence-electron chi connectivity index (χ0n) is 12.5. The standard InChI is InChI=1S/C19H22BrN/c1-2-3-14-4-10-18(11-5-14)21-19-12-16(13-19)15-6-8-17(20)9-7-15/h4-11,16,19,21H,2-3,12-13H2,1H3. The van der Waals surface area contributed by atoms with Gasteiger partial charge in [0.15, 0.2) is 0 Å². The van der Waals surface area contributed by atoms with E-state index in [1.807, 2.05) is 0 Å². The number of hydrogen-bond donors (Lipinski definition) is 1. The van der Waals surface area contributed by atoms with Crippen molar-refractivity contribution in [1.29, 1.82) is 0 Å². The van der Waals surface area contributed by atoms with Crippen LogP contribution in [0.1, 0.15) is 43.2 Å². The third-order valence-corrected chi connectivity index (χ3v) is 4.87. The molecule has 0 heterocycles. The van der Waals surface area contributed by atoms with E-state index in [0.717, 1.165) is 10.4 Å². The molecule has 0 aromatic heterocycles. The van der Waals surface area contributed by atoms with Crippen LogP contribution < -0.4 is 5.32 Å². The van der Waals surface area contributed by atoms with Crippen LogP contribution >= 0.6 is 15.9 Å². The minimum Gasteiger partial charge on any atom is -0.382 e. The van der Waals surface area contributed by atoms with Crippen LogP contribution in [0.4, 0.5) is 5.69 Å². The summed E-state index contributed by atoms with van der Waals surface area (Å²) in [5.74, 6) is 0.718. The fourth-order valence-corrected chi connectivity index (χ4v) is 3.30. The van der Waals surface area contributed by atoms with E-state index in [9.17, 15) is 0 Å². The Balaban J connectivity index is 1.51. The number of benzene rings is 2. The van der Waals surface area contributed by atoms with Crippen molar-refractivity contribution in [3.8, 4) is 0 Å². The van der Waals surface area contributed by atoms with E-state index < -0.39 is 0 Å². The molecular formula is C19H22BrN. The largest absolute Gasteiger partial charge is 0.382 e. The Morgan fingerprint density at radius 2 is 1.67 bits per heavy atom. The number of rotatable bonds is 5. The maximum atomic E-state index is 3.65. The molecule has 1 aliphatic carbocycles. The molecule has 0 radical (unpaired) electrons. The molecule has 1 N–H and O–H groups in total. The molecule has 3 rings (SSSR count). The van der Waals surface area contributed by atoms with E-state index >= 15 is 0 Å². The average molecular weight is 344 g/mol. The highest BCUT2D eigenvalue weighted by molar-refractivity contribution is 9.10. The number of aryl methyl sites for hydroxylation is 1. The Morgan fingerprint density at radius 3 is 2.29 bits per heavy atom. The van der Waals surface area contributed by atoms with Gasteiger partial charge < -0.3 is 5.32 Å². The van der Waals surface area contributed by atoms with Crippen molar-refractivity contribution in [2.45, 2.75) is 44.6 Å². The van der Waals surface area contributed by atoms with E-state index in [4.69, 9.17) is 0 Å². The van der Waals surface area contributed by atoms with Gasteiger partial charge in [-0.15, -0.1) is 0 Å². The summed E-state index contributed by atoms with van der Waals surface area (Å²) in [5, 5.41) is 3.65. The molecule has 110 valence electrons. The maximum Gasteiger partial charge on any atom is 0.0342 e. The summed E-state index contributed by atoms with van der Waals surface area (Å²) in [6.45, 7) is 2.22. The van der Waals surface area contributed by atoms with E-state index in [1.54, 1.807) is 0 Å². The highest BCUT2D eigenvalue weighted by atomic mass is 79.9. The van der Waals surface area contributed by atoms with Crippen LogP contribution in [0.25, 0.3) is 0 Å². The second-order valence-corrected chi connectivity index (χ2v) is 6.92.